The molecule has 1 unspecified atom stereocenters. The van der Waals surface area contributed by atoms with Crippen LogP contribution in [0.25, 0.3) is 0 Å². The van der Waals surface area contributed by atoms with Gasteiger partial charge < -0.3 is 25.0 Å². The van der Waals surface area contributed by atoms with Crippen molar-refractivity contribution in [3.8, 4) is 11.5 Å². The lowest BCUT2D eigenvalue weighted by molar-refractivity contribution is 0.0934. The number of amides is 3. The summed E-state index contributed by atoms with van der Waals surface area (Å²) in [5.41, 5.74) is 3.72. The summed E-state index contributed by atoms with van der Waals surface area (Å²) in [4.78, 5) is 27.4. The normalized spacial score (nSPS) is 15.3. The summed E-state index contributed by atoms with van der Waals surface area (Å²) in [5.74, 6) is 1.09. The highest BCUT2D eigenvalue weighted by molar-refractivity contribution is 5.94. The van der Waals surface area contributed by atoms with Gasteiger partial charge in [-0.3, -0.25) is 4.79 Å². The molecule has 0 spiro atoms. The summed E-state index contributed by atoms with van der Waals surface area (Å²) >= 11 is 0. The van der Waals surface area contributed by atoms with Gasteiger partial charge in [0.15, 0.2) is 11.5 Å². The van der Waals surface area contributed by atoms with Gasteiger partial charge in [-0.15, -0.1) is 0 Å². The van der Waals surface area contributed by atoms with Crippen molar-refractivity contribution < 1.29 is 19.1 Å². The maximum atomic E-state index is 12.9. The molecule has 1 atom stereocenters. The number of nitrogens with one attached hydrogen (secondary N) is 2. The predicted octanol–water partition coefficient (Wildman–Crippen LogP) is 3.46. The molecule has 0 bridgehead atoms. The van der Waals surface area contributed by atoms with E-state index >= 15 is 0 Å². The monoisotopic (exact) mass is 425 g/mol. The number of carbonyl (C=O) groups excluding carboxylic acids is 2. The first kappa shape index (κ1) is 22.5. The fourth-order valence-corrected chi connectivity index (χ4v) is 3.82. The van der Waals surface area contributed by atoms with E-state index in [9.17, 15) is 9.59 Å². The average molecular weight is 426 g/mol. The maximum Gasteiger partial charge on any atom is 0.318 e. The SMILES string of the molecule is COc1cc2c(cc1OC)C(CNC(=O)c1ccc(C)cc1)N(C(=O)NC(C)C)CC2. The Hall–Kier alpha value is -3.22. The molecular weight excluding hydrogens is 394 g/mol. The zero-order valence-electron chi connectivity index (χ0n) is 18.8. The molecule has 0 saturated heterocycles. The topological polar surface area (TPSA) is 79.9 Å². The number of benzene rings is 2. The van der Waals surface area contributed by atoms with E-state index in [2.05, 4.69) is 10.6 Å². The second kappa shape index (κ2) is 9.73. The van der Waals surface area contributed by atoms with Crippen molar-refractivity contribution in [2.45, 2.75) is 39.3 Å². The van der Waals surface area contributed by atoms with Crippen LogP contribution in [0.2, 0.25) is 0 Å². The van der Waals surface area contributed by atoms with Gasteiger partial charge in [-0.05, 0) is 62.6 Å². The number of nitrogens with zero attached hydrogens (tertiary/aromatic N) is 1. The molecule has 0 saturated carbocycles. The summed E-state index contributed by atoms with van der Waals surface area (Å²) in [7, 11) is 3.19. The third-order valence-corrected chi connectivity index (χ3v) is 5.45. The van der Waals surface area contributed by atoms with E-state index in [-0.39, 0.29) is 24.0 Å². The first-order chi connectivity index (χ1) is 14.8. The van der Waals surface area contributed by atoms with Gasteiger partial charge in [0.25, 0.3) is 5.91 Å². The zero-order valence-corrected chi connectivity index (χ0v) is 18.8. The largest absolute Gasteiger partial charge is 0.493 e. The van der Waals surface area contributed by atoms with Crippen molar-refractivity contribution in [3.05, 3.63) is 58.7 Å². The summed E-state index contributed by atoms with van der Waals surface area (Å²) in [6, 6.07) is 10.8. The number of aryl methyl sites for hydroxylation is 1. The van der Waals surface area contributed by atoms with E-state index in [1.165, 1.54) is 0 Å². The van der Waals surface area contributed by atoms with Crippen LogP contribution in [-0.4, -0.2) is 50.2 Å². The Balaban J connectivity index is 1.90. The molecule has 2 N–H and O–H groups in total. The van der Waals surface area contributed by atoms with Crippen LogP contribution in [0.1, 0.15) is 46.9 Å². The molecule has 3 rings (SSSR count). The minimum absolute atomic E-state index is 0.0158. The number of hydrogen-bond acceptors (Lipinski definition) is 4. The quantitative estimate of drug-likeness (QED) is 0.743. The van der Waals surface area contributed by atoms with Gasteiger partial charge >= 0.3 is 6.03 Å². The molecule has 0 radical (unpaired) electrons. The molecule has 1 heterocycles. The van der Waals surface area contributed by atoms with Crippen LogP contribution in [0.3, 0.4) is 0 Å². The van der Waals surface area contributed by atoms with E-state index in [0.29, 0.717) is 36.6 Å². The van der Waals surface area contributed by atoms with Crippen LogP contribution in [-0.2, 0) is 6.42 Å². The number of ether oxygens (including phenoxy) is 2. The highest BCUT2D eigenvalue weighted by Crippen LogP contribution is 2.38. The number of urea groups is 1. The molecule has 2 aromatic carbocycles. The number of hydrogen-bond donors (Lipinski definition) is 2. The summed E-state index contributed by atoms with van der Waals surface area (Å²) in [5, 5.41) is 5.97. The van der Waals surface area contributed by atoms with Crippen LogP contribution >= 0.6 is 0 Å². The summed E-state index contributed by atoms with van der Waals surface area (Å²) in [6.45, 7) is 6.68. The fourth-order valence-electron chi connectivity index (χ4n) is 3.82. The van der Waals surface area contributed by atoms with Gasteiger partial charge in [0.1, 0.15) is 0 Å². The third kappa shape index (κ3) is 5.10. The highest BCUT2D eigenvalue weighted by Gasteiger charge is 2.32. The van der Waals surface area contributed by atoms with E-state index in [1.807, 2.05) is 45.0 Å². The molecule has 7 heteroatoms. The zero-order chi connectivity index (χ0) is 22.5. The Bertz CT molecular complexity index is 941. The Kier molecular flexibility index (Phi) is 7.05. The molecule has 1 aliphatic heterocycles. The van der Waals surface area contributed by atoms with Gasteiger partial charge in [0.2, 0.25) is 0 Å². The fraction of sp³-hybridized carbons (Fsp3) is 0.417. The number of carbonyl (C=O) groups is 2. The Labute approximate surface area is 183 Å². The van der Waals surface area contributed by atoms with Gasteiger partial charge in [-0.2, -0.15) is 0 Å². The number of fused-ring (bicyclic) bond motifs is 1. The highest BCUT2D eigenvalue weighted by atomic mass is 16.5. The first-order valence-corrected chi connectivity index (χ1v) is 10.5. The summed E-state index contributed by atoms with van der Waals surface area (Å²) < 4.78 is 10.9. The molecule has 0 fully saturated rings. The Morgan fingerprint density at radius 1 is 1.10 bits per heavy atom. The molecule has 7 nitrogen and oxygen atoms in total. The average Bonchev–Trinajstić information content (AvgIpc) is 2.75. The molecule has 31 heavy (non-hydrogen) atoms. The molecule has 0 aliphatic carbocycles. The first-order valence-electron chi connectivity index (χ1n) is 10.5. The Morgan fingerprint density at radius 3 is 2.35 bits per heavy atom. The van der Waals surface area contributed by atoms with Gasteiger partial charge in [-0.25, -0.2) is 4.79 Å². The summed E-state index contributed by atoms with van der Waals surface area (Å²) in [6.07, 6.45) is 0.698. The van der Waals surface area contributed by atoms with Gasteiger partial charge in [0, 0.05) is 24.7 Å². The minimum Gasteiger partial charge on any atom is -0.493 e. The second-order valence-corrected chi connectivity index (χ2v) is 8.05. The van der Waals surface area contributed by atoms with Gasteiger partial charge in [0.05, 0.1) is 20.3 Å². The Morgan fingerprint density at radius 2 is 1.74 bits per heavy atom. The smallest absolute Gasteiger partial charge is 0.318 e. The van der Waals surface area contributed by atoms with Crippen molar-refractivity contribution in [1.29, 1.82) is 0 Å². The molecule has 3 amide bonds. The number of methoxy groups -OCH3 is 2. The lowest BCUT2D eigenvalue weighted by Gasteiger charge is -2.38. The van der Waals surface area contributed by atoms with Crippen LogP contribution in [0.5, 0.6) is 11.5 Å². The lowest BCUT2D eigenvalue weighted by atomic mass is 9.91. The van der Waals surface area contributed by atoms with E-state index in [4.69, 9.17) is 9.47 Å². The van der Waals surface area contributed by atoms with Crippen LogP contribution < -0.4 is 20.1 Å². The van der Waals surface area contributed by atoms with E-state index in [0.717, 1.165) is 16.7 Å². The lowest BCUT2D eigenvalue weighted by Crippen LogP contribution is -2.50. The van der Waals surface area contributed by atoms with Crippen molar-refractivity contribution in [2.75, 3.05) is 27.3 Å². The third-order valence-electron chi connectivity index (χ3n) is 5.45. The van der Waals surface area contributed by atoms with Crippen LogP contribution in [0.4, 0.5) is 4.79 Å². The minimum atomic E-state index is -0.322. The van der Waals surface area contributed by atoms with Crippen molar-refractivity contribution in [3.63, 3.8) is 0 Å². The number of rotatable bonds is 6. The van der Waals surface area contributed by atoms with Crippen molar-refractivity contribution in [2.24, 2.45) is 0 Å². The van der Waals surface area contributed by atoms with E-state index < -0.39 is 0 Å². The molecule has 0 aromatic heterocycles. The van der Waals surface area contributed by atoms with E-state index in [1.54, 1.807) is 31.3 Å². The second-order valence-electron chi connectivity index (χ2n) is 8.05. The maximum absolute atomic E-state index is 12.9. The molecule has 1 aliphatic rings. The standard InChI is InChI=1S/C24H31N3O4/c1-15(2)26-24(29)27-11-10-18-12-21(30-4)22(31-5)13-19(18)20(27)14-25-23(28)17-8-6-16(3)7-9-17/h6-9,12-13,15,20H,10-11,14H2,1-5H3,(H,25,28)(H,26,29). The molecule has 2 aromatic rings. The van der Waals surface area contributed by atoms with Crippen molar-refractivity contribution in [1.82, 2.24) is 15.5 Å². The van der Waals surface area contributed by atoms with Crippen molar-refractivity contribution >= 4 is 11.9 Å². The van der Waals surface area contributed by atoms with Gasteiger partial charge in [-0.1, -0.05) is 17.7 Å². The van der Waals surface area contributed by atoms with Crippen LogP contribution in [0.15, 0.2) is 36.4 Å². The molecule has 166 valence electrons. The molecular formula is C24H31N3O4. The predicted molar refractivity (Wildman–Crippen MR) is 120 cm³/mol. The van der Waals surface area contributed by atoms with Crippen LogP contribution in [0, 0.1) is 6.92 Å².